The first-order valence-corrected chi connectivity index (χ1v) is 11.4. The standard InChI is InChI=1S/C27H33N3O4/c1-28-15-9-14-25(28)19-30(18-23-10-5-3-6-11-23)26(31)20-29(16-17-33-2)27(32)22-34-21-24-12-7-4-8-13-24/h3-15H,16-22H2,1-2H3. The molecule has 0 atom stereocenters. The van der Waals surface area contributed by atoms with Gasteiger partial charge in [0.25, 0.3) is 0 Å². The van der Waals surface area contributed by atoms with E-state index in [-0.39, 0.29) is 25.0 Å². The van der Waals surface area contributed by atoms with Gasteiger partial charge in [-0.25, -0.2) is 0 Å². The molecule has 7 heteroatoms. The monoisotopic (exact) mass is 463 g/mol. The highest BCUT2D eigenvalue weighted by Gasteiger charge is 2.22. The summed E-state index contributed by atoms with van der Waals surface area (Å²) in [6.07, 6.45) is 1.96. The molecular weight excluding hydrogens is 430 g/mol. The molecule has 7 nitrogen and oxygen atoms in total. The van der Waals surface area contributed by atoms with Gasteiger partial charge in [-0.15, -0.1) is 0 Å². The van der Waals surface area contributed by atoms with Crippen molar-refractivity contribution in [2.24, 2.45) is 7.05 Å². The van der Waals surface area contributed by atoms with E-state index in [1.807, 2.05) is 90.6 Å². The smallest absolute Gasteiger partial charge is 0.249 e. The highest BCUT2D eigenvalue weighted by Crippen LogP contribution is 2.12. The lowest BCUT2D eigenvalue weighted by Gasteiger charge is -2.28. The molecule has 0 saturated carbocycles. The van der Waals surface area contributed by atoms with E-state index in [2.05, 4.69) is 0 Å². The molecule has 0 bridgehead atoms. The van der Waals surface area contributed by atoms with E-state index in [4.69, 9.17) is 9.47 Å². The first-order chi connectivity index (χ1) is 16.6. The molecule has 34 heavy (non-hydrogen) atoms. The number of carbonyl (C=O) groups excluding carboxylic acids is 2. The van der Waals surface area contributed by atoms with Crippen molar-refractivity contribution in [3.05, 3.63) is 95.8 Å². The molecule has 0 unspecified atom stereocenters. The summed E-state index contributed by atoms with van der Waals surface area (Å²) in [5.41, 5.74) is 3.04. The van der Waals surface area contributed by atoms with Gasteiger partial charge in [-0.2, -0.15) is 0 Å². The molecule has 0 aliphatic carbocycles. The molecule has 2 aromatic carbocycles. The number of hydrogen-bond acceptors (Lipinski definition) is 4. The first kappa shape index (κ1) is 25.2. The number of aryl methyl sites for hydroxylation is 1. The van der Waals surface area contributed by atoms with Gasteiger partial charge in [0, 0.05) is 39.1 Å². The molecule has 180 valence electrons. The predicted octanol–water partition coefficient (Wildman–Crippen LogP) is 3.25. The summed E-state index contributed by atoms with van der Waals surface area (Å²) in [7, 11) is 3.53. The minimum Gasteiger partial charge on any atom is -0.383 e. The second-order valence-corrected chi connectivity index (χ2v) is 8.13. The minimum absolute atomic E-state index is 0.0336. The van der Waals surface area contributed by atoms with Crippen molar-refractivity contribution in [1.82, 2.24) is 14.4 Å². The van der Waals surface area contributed by atoms with Crippen molar-refractivity contribution in [2.45, 2.75) is 19.7 Å². The number of methoxy groups -OCH3 is 1. The van der Waals surface area contributed by atoms with Crippen LogP contribution in [-0.4, -0.2) is 59.6 Å². The Kier molecular flexibility index (Phi) is 9.88. The summed E-state index contributed by atoms with van der Waals surface area (Å²) in [6.45, 7) is 1.78. The van der Waals surface area contributed by atoms with Crippen molar-refractivity contribution < 1.29 is 19.1 Å². The van der Waals surface area contributed by atoms with Crippen LogP contribution in [0.4, 0.5) is 0 Å². The topological polar surface area (TPSA) is 64.0 Å². The molecule has 0 saturated heterocycles. The van der Waals surface area contributed by atoms with E-state index in [1.54, 1.807) is 12.0 Å². The van der Waals surface area contributed by atoms with E-state index < -0.39 is 0 Å². The van der Waals surface area contributed by atoms with E-state index in [0.29, 0.717) is 32.8 Å². The summed E-state index contributed by atoms with van der Waals surface area (Å²) in [6, 6.07) is 23.5. The second-order valence-electron chi connectivity index (χ2n) is 8.13. The molecule has 1 aromatic heterocycles. The number of carbonyl (C=O) groups is 2. The Morgan fingerprint density at radius 3 is 2.12 bits per heavy atom. The van der Waals surface area contributed by atoms with Crippen LogP contribution < -0.4 is 0 Å². The molecule has 0 aliphatic heterocycles. The van der Waals surface area contributed by atoms with Gasteiger partial charge in [0.2, 0.25) is 11.8 Å². The SMILES string of the molecule is COCCN(CC(=O)N(Cc1ccccc1)Cc1cccn1C)C(=O)COCc1ccccc1. The number of ether oxygens (including phenoxy) is 2. The van der Waals surface area contributed by atoms with Crippen LogP contribution in [0.3, 0.4) is 0 Å². The summed E-state index contributed by atoms with van der Waals surface area (Å²) >= 11 is 0. The van der Waals surface area contributed by atoms with Crippen LogP contribution in [0, 0.1) is 0 Å². The third-order valence-electron chi connectivity index (χ3n) is 5.55. The Morgan fingerprint density at radius 1 is 0.824 bits per heavy atom. The Morgan fingerprint density at radius 2 is 1.50 bits per heavy atom. The molecule has 3 aromatic rings. The number of benzene rings is 2. The van der Waals surface area contributed by atoms with E-state index in [1.165, 1.54) is 4.90 Å². The summed E-state index contributed by atoms with van der Waals surface area (Å²) < 4.78 is 12.8. The zero-order valence-corrected chi connectivity index (χ0v) is 19.9. The van der Waals surface area contributed by atoms with Gasteiger partial charge >= 0.3 is 0 Å². The molecule has 2 amide bonds. The Labute approximate surface area is 201 Å². The first-order valence-electron chi connectivity index (χ1n) is 11.4. The van der Waals surface area contributed by atoms with Gasteiger partial charge < -0.3 is 23.8 Å². The van der Waals surface area contributed by atoms with Crippen LogP contribution in [0.25, 0.3) is 0 Å². The Balaban J connectivity index is 1.66. The summed E-state index contributed by atoms with van der Waals surface area (Å²) in [5.74, 6) is -0.363. The Bertz CT molecular complexity index is 1020. The Hall–Kier alpha value is -3.42. The highest BCUT2D eigenvalue weighted by molar-refractivity contribution is 5.85. The maximum Gasteiger partial charge on any atom is 0.249 e. The fourth-order valence-corrected chi connectivity index (χ4v) is 3.57. The van der Waals surface area contributed by atoms with Gasteiger partial charge in [0.15, 0.2) is 0 Å². The van der Waals surface area contributed by atoms with Crippen LogP contribution in [0.15, 0.2) is 79.0 Å². The lowest BCUT2D eigenvalue weighted by Crippen LogP contribution is -2.45. The van der Waals surface area contributed by atoms with Crippen LogP contribution in [0.5, 0.6) is 0 Å². The molecule has 0 N–H and O–H groups in total. The van der Waals surface area contributed by atoms with Gasteiger partial charge in [0.05, 0.1) is 26.3 Å². The van der Waals surface area contributed by atoms with Gasteiger partial charge in [-0.05, 0) is 23.3 Å². The van der Waals surface area contributed by atoms with Crippen molar-refractivity contribution in [2.75, 3.05) is 33.4 Å². The number of aromatic nitrogens is 1. The van der Waals surface area contributed by atoms with Crippen LogP contribution >= 0.6 is 0 Å². The third-order valence-corrected chi connectivity index (χ3v) is 5.55. The largest absolute Gasteiger partial charge is 0.383 e. The maximum atomic E-state index is 13.4. The van der Waals surface area contributed by atoms with Crippen LogP contribution in [0.1, 0.15) is 16.8 Å². The molecule has 0 radical (unpaired) electrons. The molecule has 0 aliphatic rings. The van der Waals surface area contributed by atoms with Gasteiger partial charge in [0.1, 0.15) is 6.61 Å². The van der Waals surface area contributed by atoms with Gasteiger partial charge in [-0.1, -0.05) is 60.7 Å². The van der Waals surface area contributed by atoms with Crippen molar-refractivity contribution in [3.63, 3.8) is 0 Å². The van der Waals surface area contributed by atoms with E-state index in [9.17, 15) is 9.59 Å². The lowest BCUT2D eigenvalue weighted by molar-refractivity contribution is -0.144. The molecular formula is C27H33N3O4. The van der Waals surface area contributed by atoms with Crippen molar-refractivity contribution >= 4 is 11.8 Å². The minimum atomic E-state index is -0.236. The number of nitrogens with zero attached hydrogens (tertiary/aromatic N) is 3. The fourth-order valence-electron chi connectivity index (χ4n) is 3.57. The number of amides is 2. The molecule has 0 spiro atoms. The van der Waals surface area contributed by atoms with E-state index in [0.717, 1.165) is 16.8 Å². The molecule has 3 rings (SSSR count). The fraction of sp³-hybridized carbons (Fsp3) is 0.333. The zero-order chi connectivity index (χ0) is 24.2. The third kappa shape index (κ3) is 7.86. The number of rotatable bonds is 13. The summed E-state index contributed by atoms with van der Waals surface area (Å²) in [5, 5.41) is 0. The predicted molar refractivity (Wildman–Crippen MR) is 131 cm³/mol. The number of hydrogen-bond donors (Lipinski definition) is 0. The van der Waals surface area contributed by atoms with Crippen LogP contribution in [0.2, 0.25) is 0 Å². The average Bonchev–Trinajstić information content (AvgIpc) is 3.26. The van der Waals surface area contributed by atoms with Crippen molar-refractivity contribution in [1.29, 1.82) is 0 Å². The lowest BCUT2D eigenvalue weighted by atomic mass is 10.2. The second kappa shape index (κ2) is 13.3. The molecule has 0 fully saturated rings. The maximum absolute atomic E-state index is 13.4. The van der Waals surface area contributed by atoms with Crippen LogP contribution in [-0.2, 0) is 45.8 Å². The quantitative estimate of drug-likeness (QED) is 0.390. The van der Waals surface area contributed by atoms with Crippen molar-refractivity contribution in [3.8, 4) is 0 Å². The molecule has 1 heterocycles. The average molecular weight is 464 g/mol. The van der Waals surface area contributed by atoms with E-state index >= 15 is 0 Å². The zero-order valence-electron chi connectivity index (χ0n) is 19.9. The summed E-state index contributed by atoms with van der Waals surface area (Å²) in [4.78, 5) is 29.6. The van der Waals surface area contributed by atoms with Gasteiger partial charge in [-0.3, -0.25) is 9.59 Å². The normalized spacial score (nSPS) is 10.8. The highest BCUT2D eigenvalue weighted by atomic mass is 16.5.